The maximum Gasteiger partial charge on any atom is 0.255 e. The first-order valence-electron chi connectivity index (χ1n) is 11.1. The molecule has 2 amide bonds. The predicted octanol–water partition coefficient (Wildman–Crippen LogP) is 3.04. The van der Waals surface area contributed by atoms with E-state index in [4.69, 9.17) is 16.3 Å². The Hall–Kier alpha value is -3.69. The molecule has 35 heavy (non-hydrogen) atoms. The highest BCUT2D eigenvalue weighted by atomic mass is 35.5. The number of rotatable bonds is 8. The number of carbonyl (C=O) groups excluding carboxylic acids is 2. The molecule has 0 unspecified atom stereocenters. The number of amides is 2. The lowest BCUT2D eigenvalue weighted by Crippen LogP contribution is -2.46. The van der Waals surface area contributed by atoms with Crippen molar-refractivity contribution in [2.45, 2.75) is 25.6 Å². The first-order valence-corrected chi connectivity index (χ1v) is 11.4. The van der Waals surface area contributed by atoms with Crippen LogP contribution < -0.4 is 15.4 Å². The van der Waals surface area contributed by atoms with Gasteiger partial charge in [0.05, 0.1) is 36.7 Å². The third-order valence-electron chi connectivity index (χ3n) is 6.03. The molecule has 0 aliphatic carbocycles. The minimum absolute atomic E-state index is 0.259. The lowest BCUT2D eigenvalue weighted by Gasteiger charge is -2.26. The van der Waals surface area contributed by atoms with Crippen molar-refractivity contribution in [1.29, 1.82) is 0 Å². The second kappa shape index (κ2) is 10.3. The fraction of sp³-hybridized carbons (Fsp3) is 0.280. The first kappa shape index (κ1) is 24.4. The van der Waals surface area contributed by atoms with Crippen LogP contribution in [0.5, 0.6) is 5.75 Å². The second-order valence-electron chi connectivity index (χ2n) is 8.14. The van der Waals surface area contributed by atoms with Gasteiger partial charge in [-0.15, -0.1) is 0 Å². The number of halogens is 1. The molecule has 10 heteroatoms. The highest BCUT2D eigenvalue weighted by molar-refractivity contribution is 6.33. The summed E-state index contributed by atoms with van der Waals surface area (Å²) in [6.45, 7) is 1.67. The molecular formula is C25H26ClN5O4. The van der Waals surface area contributed by atoms with Gasteiger partial charge in [0.25, 0.3) is 5.91 Å². The zero-order valence-corrected chi connectivity index (χ0v) is 20.3. The van der Waals surface area contributed by atoms with E-state index in [1.165, 1.54) is 11.1 Å². The largest absolute Gasteiger partial charge is 0.497 e. The minimum Gasteiger partial charge on any atom is -0.497 e. The molecule has 0 fully saturated rings. The van der Waals surface area contributed by atoms with Crippen LogP contribution in [-0.2, 0) is 11.3 Å². The molecule has 2 heterocycles. The monoisotopic (exact) mass is 495 g/mol. The summed E-state index contributed by atoms with van der Waals surface area (Å²) < 4.78 is 5.23. The normalized spacial score (nSPS) is 14.3. The third-order valence-corrected chi connectivity index (χ3v) is 6.30. The summed E-state index contributed by atoms with van der Waals surface area (Å²) in [5.74, 6) is 0.406. The molecular weight excluding hydrogens is 470 g/mol. The topological polar surface area (TPSA) is 117 Å². The molecule has 1 aliphatic heterocycles. The highest BCUT2D eigenvalue weighted by Crippen LogP contribution is 2.32. The quantitative estimate of drug-likeness (QED) is 0.439. The van der Waals surface area contributed by atoms with Crippen molar-refractivity contribution in [2.24, 2.45) is 0 Å². The van der Waals surface area contributed by atoms with Crippen LogP contribution >= 0.6 is 11.6 Å². The zero-order chi connectivity index (χ0) is 25.1. The molecule has 0 saturated carbocycles. The van der Waals surface area contributed by atoms with E-state index in [-0.39, 0.29) is 18.4 Å². The summed E-state index contributed by atoms with van der Waals surface area (Å²) in [6, 6.07) is 11.2. The number of carbonyl (C=O) groups is 2. The number of hydrogen-bond acceptors (Lipinski definition) is 7. The van der Waals surface area contributed by atoms with E-state index in [9.17, 15) is 14.7 Å². The standard InChI is InChI=1S/C25H26ClN5O4/c1-14(23(33)29-21(13-32)15-5-4-6-18(9-15)35-3)31-12-17-8-7-16(10-19(17)24(31)34)22-20(26)11-28-25(27-2)30-22/h4-11,14,21,32H,12-13H2,1-3H3,(H,29,33)(H,27,28,30)/t14-,21-/m1/s1. The molecule has 0 saturated heterocycles. The van der Waals surface area contributed by atoms with Gasteiger partial charge in [0.1, 0.15) is 11.8 Å². The van der Waals surface area contributed by atoms with Crippen LogP contribution in [-0.4, -0.2) is 58.6 Å². The Morgan fingerprint density at radius 3 is 2.80 bits per heavy atom. The summed E-state index contributed by atoms with van der Waals surface area (Å²) in [5, 5.41) is 15.9. The molecule has 4 rings (SSSR count). The summed E-state index contributed by atoms with van der Waals surface area (Å²) in [7, 11) is 3.26. The fourth-order valence-electron chi connectivity index (χ4n) is 4.00. The van der Waals surface area contributed by atoms with Crippen LogP contribution in [0.25, 0.3) is 11.3 Å². The van der Waals surface area contributed by atoms with Crippen molar-refractivity contribution in [3.05, 3.63) is 70.4 Å². The van der Waals surface area contributed by atoms with Gasteiger partial charge in [-0.1, -0.05) is 35.9 Å². The number of ether oxygens (including phenoxy) is 1. The number of hydrogen-bond donors (Lipinski definition) is 3. The van der Waals surface area contributed by atoms with E-state index in [2.05, 4.69) is 20.6 Å². The predicted molar refractivity (Wildman–Crippen MR) is 132 cm³/mol. The van der Waals surface area contributed by atoms with Gasteiger partial charge in [-0.05, 0) is 36.2 Å². The van der Waals surface area contributed by atoms with Gasteiger partial charge in [-0.2, -0.15) is 0 Å². The van der Waals surface area contributed by atoms with Gasteiger partial charge in [0, 0.05) is 24.7 Å². The van der Waals surface area contributed by atoms with Crippen LogP contribution in [0.1, 0.15) is 34.5 Å². The molecule has 2 aromatic carbocycles. The molecule has 182 valence electrons. The van der Waals surface area contributed by atoms with Gasteiger partial charge in [-0.25, -0.2) is 9.97 Å². The van der Waals surface area contributed by atoms with E-state index in [0.29, 0.717) is 45.6 Å². The highest BCUT2D eigenvalue weighted by Gasteiger charge is 2.35. The van der Waals surface area contributed by atoms with E-state index < -0.39 is 12.1 Å². The van der Waals surface area contributed by atoms with Crippen molar-refractivity contribution in [2.75, 3.05) is 26.1 Å². The summed E-state index contributed by atoms with van der Waals surface area (Å²) >= 11 is 6.30. The van der Waals surface area contributed by atoms with Crippen LogP contribution in [0.3, 0.4) is 0 Å². The molecule has 1 aliphatic rings. The number of benzene rings is 2. The lowest BCUT2D eigenvalue weighted by atomic mass is 10.0. The summed E-state index contributed by atoms with van der Waals surface area (Å²) in [4.78, 5) is 36.3. The molecule has 9 nitrogen and oxygen atoms in total. The Bertz CT molecular complexity index is 1270. The number of aliphatic hydroxyl groups is 1. The number of nitrogens with one attached hydrogen (secondary N) is 2. The summed E-state index contributed by atoms with van der Waals surface area (Å²) in [6.07, 6.45) is 1.50. The van der Waals surface area contributed by atoms with Crippen LogP contribution in [0.2, 0.25) is 5.02 Å². The molecule has 0 bridgehead atoms. The van der Waals surface area contributed by atoms with Crippen LogP contribution in [0.4, 0.5) is 5.95 Å². The lowest BCUT2D eigenvalue weighted by molar-refractivity contribution is -0.126. The Kier molecular flexibility index (Phi) is 7.18. The third kappa shape index (κ3) is 4.91. The minimum atomic E-state index is -0.753. The van der Waals surface area contributed by atoms with Gasteiger partial charge in [0.15, 0.2) is 0 Å². The Balaban J connectivity index is 1.52. The number of nitrogens with zero attached hydrogens (tertiary/aromatic N) is 3. The van der Waals surface area contributed by atoms with Crippen molar-refractivity contribution in [1.82, 2.24) is 20.2 Å². The van der Waals surface area contributed by atoms with E-state index in [1.807, 2.05) is 12.1 Å². The zero-order valence-electron chi connectivity index (χ0n) is 19.6. The van der Waals surface area contributed by atoms with Crippen LogP contribution in [0, 0.1) is 0 Å². The molecule has 0 spiro atoms. The number of anilines is 1. The number of aromatic nitrogens is 2. The van der Waals surface area contributed by atoms with E-state index >= 15 is 0 Å². The molecule has 3 aromatic rings. The van der Waals surface area contributed by atoms with E-state index in [0.717, 1.165) is 5.56 Å². The number of methoxy groups -OCH3 is 1. The Morgan fingerprint density at radius 1 is 1.29 bits per heavy atom. The van der Waals surface area contributed by atoms with Crippen molar-refractivity contribution < 1.29 is 19.4 Å². The Labute approximate surface area is 208 Å². The SMILES string of the molecule is CNc1ncc(Cl)c(-c2ccc3c(c2)C(=O)N([C@H](C)C(=O)N[C@H](CO)c2cccc(OC)c2)C3)n1. The molecule has 2 atom stereocenters. The maximum atomic E-state index is 13.2. The van der Waals surface area contributed by atoms with Crippen molar-refractivity contribution >= 4 is 29.4 Å². The average Bonchev–Trinajstić information content (AvgIpc) is 3.22. The first-order chi connectivity index (χ1) is 16.9. The summed E-state index contributed by atoms with van der Waals surface area (Å²) in [5.41, 5.74) is 3.20. The fourth-order valence-corrected chi connectivity index (χ4v) is 4.20. The van der Waals surface area contributed by atoms with Gasteiger partial charge in [0.2, 0.25) is 11.9 Å². The second-order valence-corrected chi connectivity index (χ2v) is 8.55. The number of fused-ring (bicyclic) bond motifs is 1. The Morgan fingerprint density at radius 2 is 2.09 bits per heavy atom. The van der Waals surface area contributed by atoms with Gasteiger partial charge >= 0.3 is 0 Å². The van der Waals surface area contributed by atoms with Crippen molar-refractivity contribution in [3.63, 3.8) is 0 Å². The molecule has 0 radical (unpaired) electrons. The smallest absolute Gasteiger partial charge is 0.255 e. The van der Waals surface area contributed by atoms with Crippen molar-refractivity contribution in [3.8, 4) is 17.0 Å². The van der Waals surface area contributed by atoms with E-state index in [1.54, 1.807) is 51.4 Å². The maximum absolute atomic E-state index is 13.2. The molecule has 1 aromatic heterocycles. The molecule has 3 N–H and O–H groups in total. The van der Waals surface area contributed by atoms with Gasteiger partial charge < -0.3 is 25.4 Å². The van der Waals surface area contributed by atoms with Crippen LogP contribution in [0.15, 0.2) is 48.7 Å². The van der Waals surface area contributed by atoms with Gasteiger partial charge in [-0.3, -0.25) is 9.59 Å². The number of aliphatic hydroxyl groups excluding tert-OH is 1. The average molecular weight is 496 g/mol.